The van der Waals surface area contributed by atoms with Crippen molar-refractivity contribution >= 4 is 9.52 Å². The predicted molar refractivity (Wildman–Crippen MR) is 70.6 cm³/mol. The molecule has 0 aliphatic carbocycles. The Kier molecular flexibility index (Phi) is 8.25. The molecule has 0 saturated carbocycles. The Bertz CT molecular complexity index is 122. The van der Waals surface area contributed by atoms with Gasteiger partial charge in [-0.05, 0) is 17.4 Å². The van der Waals surface area contributed by atoms with Gasteiger partial charge in [0, 0.05) is 9.52 Å². The first-order valence-electron chi connectivity index (χ1n) is 6.35. The van der Waals surface area contributed by atoms with Crippen LogP contribution >= 0.6 is 0 Å². The standard InChI is InChI=1S/C13H28Si/c1-6-11(7-2)13(14-10-5)12(8-3)9-4/h10-13H,5-9,14H2,1-4H3. The van der Waals surface area contributed by atoms with Gasteiger partial charge < -0.3 is 0 Å². The first-order chi connectivity index (χ1) is 6.74. The summed E-state index contributed by atoms with van der Waals surface area (Å²) in [5.41, 5.74) is 3.26. The van der Waals surface area contributed by atoms with E-state index in [1.807, 2.05) is 0 Å². The SMILES string of the molecule is C=C[SiH2]C(C(CC)CC)C(CC)CC. The Balaban J connectivity index is 4.43. The van der Waals surface area contributed by atoms with Crippen LogP contribution in [0.15, 0.2) is 12.3 Å². The number of hydrogen-bond donors (Lipinski definition) is 0. The van der Waals surface area contributed by atoms with Crippen LogP contribution in [0.3, 0.4) is 0 Å². The van der Waals surface area contributed by atoms with Crippen molar-refractivity contribution in [2.45, 2.75) is 58.9 Å². The molecule has 0 amide bonds. The van der Waals surface area contributed by atoms with Crippen LogP contribution in [0.5, 0.6) is 0 Å². The molecule has 0 aromatic rings. The van der Waals surface area contributed by atoms with Crippen molar-refractivity contribution in [3.8, 4) is 0 Å². The molecule has 0 nitrogen and oxygen atoms in total. The van der Waals surface area contributed by atoms with Crippen molar-refractivity contribution in [3.63, 3.8) is 0 Å². The fourth-order valence-electron chi connectivity index (χ4n) is 2.75. The Morgan fingerprint density at radius 2 is 1.29 bits per heavy atom. The lowest BCUT2D eigenvalue weighted by Gasteiger charge is -2.31. The highest BCUT2D eigenvalue weighted by molar-refractivity contribution is 6.44. The van der Waals surface area contributed by atoms with E-state index in [4.69, 9.17) is 0 Å². The molecule has 1 heteroatoms. The summed E-state index contributed by atoms with van der Waals surface area (Å²) in [7, 11) is -0.0393. The third kappa shape index (κ3) is 3.99. The fraction of sp³-hybridized carbons (Fsp3) is 0.846. The van der Waals surface area contributed by atoms with Crippen LogP contribution in [0.4, 0.5) is 0 Å². The van der Waals surface area contributed by atoms with E-state index in [1.165, 1.54) is 25.7 Å². The van der Waals surface area contributed by atoms with Crippen molar-refractivity contribution in [1.29, 1.82) is 0 Å². The lowest BCUT2D eigenvalue weighted by atomic mass is 9.87. The second-order valence-corrected chi connectivity index (χ2v) is 6.33. The molecule has 0 aliphatic rings. The molecule has 0 fully saturated rings. The van der Waals surface area contributed by atoms with E-state index in [2.05, 4.69) is 40.0 Å². The molecule has 0 aromatic carbocycles. The zero-order chi connectivity index (χ0) is 11.0. The number of rotatable bonds is 8. The highest BCUT2D eigenvalue weighted by Gasteiger charge is 2.24. The van der Waals surface area contributed by atoms with Crippen LogP contribution in [-0.4, -0.2) is 9.52 Å². The molecule has 0 atom stereocenters. The van der Waals surface area contributed by atoms with Crippen molar-refractivity contribution < 1.29 is 0 Å². The summed E-state index contributed by atoms with van der Waals surface area (Å²) in [6, 6.07) is 0. The maximum Gasteiger partial charge on any atom is 0.0482 e. The minimum atomic E-state index is -0.0393. The Hall–Kier alpha value is -0.0431. The highest BCUT2D eigenvalue weighted by atomic mass is 28.2. The molecule has 0 N–H and O–H groups in total. The van der Waals surface area contributed by atoms with E-state index in [0.717, 1.165) is 17.4 Å². The lowest BCUT2D eigenvalue weighted by Crippen LogP contribution is -2.21. The molecule has 0 bridgehead atoms. The van der Waals surface area contributed by atoms with E-state index in [0.29, 0.717) is 0 Å². The van der Waals surface area contributed by atoms with Crippen molar-refractivity contribution in [2.75, 3.05) is 0 Å². The van der Waals surface area contributed by atoms with Gasteiger partial charge in [0.2, 0.25) is 0 Å². The van der Waals surface area contributed by atoms with Gasteiger partial charge in [0.15, 0.2) is 0 Å². The first kappa shape index (κ1) is 14.0. The van der Waals surface area contributed by atoms with Gasteiger partial charge in [0.1, 0.15) is 0 Å². The minimum absolute atomic E-state index is 0.0393. The van der Waals surface area contributed by atoms with Crippen LogP contribution in [-0.2, 0) is 0 Å². The second-order valence-electron chi connectivity index (χ2n) is 4.34. The van der Waals surface area contributed by atoms with Gasteiger partial charge in [0.05, 0.1) is 0 Å². The van der Waals surface area contributed by atoms with E-state index in [9.17, 15) is 0 Å². The van der Waals surface area contributed by atoms with E-state index in [1.54, 1.807) is 0 Å². The maximum absolute atomic E-state index is 3.96. The van der Waals surface area contributed by atoms with E-state index >= 15 is 0 Å². The topological polar surface area (TPSA) is 0 Å². The Morgan fingerprint density at radius 3 is 1.50 bits per heavy atom. The van der Waals surface area contributed by atoms with E-state index in [-0.39, 0.29) is 9.52 Å². The average Bonchev–Trinajstić information content (AvgIpc) is 2.21. The second kappa shape index (κ2) is 8.28. The normalized spacial score (nSPS) is 12.5. The summed E-state index contributed by atoms with van der Waals surface area (Å²) < 4.78 is 0. The van der Waals surface area contributed by atoms with Crippen LogP contribution < -0.4 is 0 Å². The smallest absolute Gasteiger partial charge is 0.0482 e. The van der Waals surface area contributed by atoms with Crippen LogP contribution in [0.1, 0.15) is 53.4 Å². The van der Waals surface area contributed by atoms with Gasteiger partial charge in [-0.25, -0.2) is 0 Å². The summed E-state index contributed by atoms with van der Waals surface area (Å²) in [6.07, 6.45) is 5.44. The van der Waals surface area contributed by atoms with Gasteiger partial charge in [-0.1, -0.05) is 53.4 Å². The molecule has 0 aromatic heterocycles. The third-order valence-corrected chi connectivity index (χ3v) is 5.96. The monoisotopic (exact) mass is 212 g/mol. The maximum atomic E-state index is 3.96. The minimum Gasteiger partial charge on any atom is -0.108 e. The molecular weight excluding hydrogens is 184 g/mol. The zero-order valence-corrected chi connectivity index (χ0v) is 12.0. The summed E-state index contributed by atoms with van der Waals surface area (Å²) in [5.74, 6) is 1.93. The quantitative estimate of drug-likeness (QED) is 0.534. The van der Waals surface area contributed by atoms with Crippen molar-refractivity contribution in [2.24, 2.45) is 11.8 Å². The van der Waals surface area contributed by atoms with Crippen molar-refractivity contribution in [3.05, 3.63) is 12.3 Å². The molecule has 84 valence electrons. The Morgan fingerprint density at radius 1 is 0.929 bits per heavy atom. The van der Waals surface area contributed by atoms with Gasteiger partial charge in [-0.2, -0.15) is 0 Å². The summed E-state index contributed by atoms with van der Waals surface area (Å²) in [5, 5.41) is 0. The number of hydrogen-bond acceptors (Lipinski definition) is 0. The van der Waals surface area contributed by atoms with Crippen LogP contribution in [0.2, 0.25) is 5.54 Å². The Labute approximate surface area is 93.0 Å². The highest BCUT2D eigenvalue weighted by Crippen LogP contribution is 2.35. The predicted octanol–water partition coefficient (Wildman–Crippen LogP) is 3.96. The summed E-state index contributed by atoms with van der Waals surface area (Å²) in [6.45, 7) is 13.4. The third-order valence-electron chi connectivity index (χ3n) is 3.75. The fourth-order valence-corrected chi connectivity index (χ4v) is 5.24. The first-order valence-corrected chi connectivity index (χ1v) is 7.99. The largest absolute Gasteiger partial charge is 0.108 e. The van der Waals surface area contributed by atoms with Crippen LogP contribution in [0.25, 0.3) is 0 Å². The molecule has 0 unspecified atom stereocenters. The molecule has 0 rings (SSSR count). The summed E-state index contributed by atoms with van der Waals surface area (Å²) in [4.78, 5) is 0. The molecule has 0 aliphatic heterocycles. The van der Waals surface area contributed by atoms with Crippen LogP contribution in [0, 0.1) is 11.8 Å². The molecule has 0 saturated heterocycles. The van der Waals surface area contributed by atoms with Gasteiger partial charge in [0.25, 0.3) is 0 Å². The van der Waals surface area contributed by atoms with Crippen molar-refractivity contribution in [1.82, 2.24) is 0 Å². The molecule has 14 heavy (non-hydrogen) atoms. The molecule has 0 spiro atoms. The lowest BCUT2D eigenvalue weighted by molar-refractivity contribution is 0.337. The average molecular weight is 212 g/mol. The summed E-state index contributed by atoms with van der Waals surface area (Å²) >= 11 is 0. The molecule has 0 heterocycles. The zero-order valence-electron chi connectivity index (χ0n) is 10.6. The van der Waals surface area contributed by atoms with Gasteiger partial charge in [-0.3, -0.25) is 0 Å². The van der Waals surface area contributed by atoms with Gasteiger partial charge >= 0.3 is 0 Å². The molecular formula is C13H28Si. The van der Waals surface area contributed by atoms with Gasteiger partial charge in [-0.15, -0.1) is 12.3 Å². The molecule has 0 radical (unpaired) electrons. The van der Waals surface area contributed by atoms with E-state index < -0.39 is 0 Å².